The molecule has 14 heavy (non-hydrogen) atoms. The first-order valence-corrected chi connectivity index (χ1v) is 5.60. The molecular weight excluding hydrogens is 289 g/mol. The highest BCUT2D eigenvalue weighted by atomic mass is 79.9. The Bertz CT molecular complexity index is 323. The monoisotopic (exact) mass is 295 g/mol. The minimum atomic E-state index is -0.192. The van der Waals surface area contributed by atoms with Crippen LogP contribution in [0, 0.1) is 0 Å². The van der Waals surface area contributed by atoms with E-state index in [-0.39, 0.29) is 11.8 Å². The van der Waals surface area contributed by atoms with Gasteiger partial charge in [0.15, 0.2) is 0 Å². The van der Waals surface area contributed by atoms with Crippen LogP contribution in [0.15, 0.2) is 22.7 Å². The van der Waals surface area contributed by atoms with E-state index in [1.54, 1.807) is 12.1 Å². The average molecular weight is 297 g/mol. The van der Waals surface area contributed by atoms with Gasteiger partial charge in [0.05, 0.1) is 0 Å². The standard InChI is InChI=1S/C9H8BrCl2NO/c10-7-1-6(2-8(12)3-7)5-13-9(14)4-11/h1-3H,4-5H2,(H,13,14). The van der Waals surface area contributed by atoms with Crippen molar-refractivity contribution in [2.75, 3.05) is 5.88 Å². The molecule has 0 aliphatic rings. The Morgan fingerprint density at radius 2 is 2.14 bits per heavy atom. The molecule has 1 N–H and O–H groups in total. The number of halogens is 3. The molecule has 0 aromatic heterocycles. The Kier molecular flexibility index (Phi) is 4.72. The van der Waals surface area contributed by atoms with Crippen LogP contribution in [0.4, 0.5) is 0 Å². The van der Waals surface area contributed by atoms with E-state index in [4.69, 9.17) is 23.2 Å². The normalized spacial score (nSPS) is 9.93. The summed E-state index contributed by atoms with van der Waals surface area (Å²) in [4.78, 5) is 10.9. The summed E-state index contributed by atoms with van der Waals surface area (Å²) in [7, 11) is 0. The zero-order chi connectivity index (χ0) is 10.6. The van der Waals surface area contributed by atoms with Crippen molar-refractivity contribution >= 4 is 45.0 Å². The van der Waals surface area contributed by atoms with Crippen LogP contribution in [0.1, 0.15) is 5.56 Å². The topological polar surface area (TPSA) is 29.1 Å². The van der Waals surface area contributed by atoms with Gasteiger partial charge in [-0.15, -0.1) is 11.6 Å². The molecular formula is C9H8BrCl2NO. The summed E-state index contributed by atoms with van der Waals surface area (Å²) in [6.07, 6.45) is 0. The first kappa shape index (κ1) is 11.8. The summed E-state index contributed by atoms with van der Waals surface area (Å²) in [6.45, 7) is 0.435. The molecule has 0 saturated heterocycles. The van der Waals surface area contributed by atoms with E-state index in [1.807, 2.05) is 6.07 Å². The molecule has 1 aromatic rings. The quantitative estimate of drug-likeness (QED) is 0.854. The molecule has 0 bridgehead atoms. The first-order chi connectivity index (χ1) is 6.61. The SMILES string of the molecule is O=C(CCl)NCc1cc(Cl)cc(Br)c1. The lowest BCUT2D eigenvalue weighted by Gasteiger charge is -2.04. The fraction of sp³-hybridized carbons (Fsp3) is 0.222. The fourth-order valence-corrected chi connectivity index (χ4v) is 1.99. The molecule has 0 heterocycles. The molecule has 0 radical (unpaired) electrons. The number of carbonyl (C=O) groups excluding carboxylic acids is 1. The van der Waals surface area contributed by atoms with Crippen LogP contribution >= 0.6 is 39.1 Å². The second-order valence-corrected chi connectivity index (χ2v) is 4.31. The Labute approximate surface area is 101 Å². The first-order valence-electron chi connectivity index (χ1n) is 3.89. The third-order valence-corrected chi connectivity index (χ3v) is 2.45. The number of alkyl halides is 1. The van der Waals surface area contributed by atoms with Crippen LogP contribution in [0.5, 0.6) is 0 Å². The third kappa shape index (κ3) is 3.86. The van der Waals surface area contributed by atoms with E-state index in [0.717, 1.165) is 10.0 Å². The molecule has 0 atom stereocenters. The number of carbonyl (C=O) groups is 1. The Morgan fingerprint density at radius 1 is 1.43 bits per heavy atom. The van der Waals surface area contributed by atoms with Crippen LogP contribution in [0.25, 0.3) is 0 Å². The molecule has 0 fully saturated rings. The molecule has 0 saturated carbocycles. The molecule has 1 amide bonds. The molecule has 0 aliphatic heterocycles. The van der Waals surface area contributed by atoms with Crippen molar-refractivity contribution in [3.05, 3.63) is 33.3 Å². The molecule has 76 valence electrons. The van der Waals surface area contributed by atoms with Crippen molar-refractivity contribution in [2.45, 2.75) is 6.54 Å². The maximum absolute atomic E-state index is 10.9. The van der Waals surface area contributed by atoms with Gasteiger partial charge in [-0.25, -0.2) is 0 Å². The highest BCUT2D eigenvalue weighted by molar-refractivity contribution is 9.10. The van der Waals surface area contributed by atoms with Gasteiger partial charge in [0, 0.05) is 16.0 Å². The minimum absolute atomic E-state index is 0.0261. The summed E-state index contributed by atoms with van der Waals surface area (Å²) >= 11 is 14.5. The summed E-state index contributed by atoms with van der Waals surface area (Å²) in [5, 5.41) is 3.29. The van der Waals surface area contributed by atoms with Gasteiger partial charge in [-0.1, -0.05) is 27.5 Å². The maximum atomic E-state index is 10.9. The zero-order valence-electron chi connectivity index (χ0n) is 7.19. The number of hydrogen-bond acceptors (Lipinski definition) is 1. The van der Waals surface area contributed by atoms with Crippen molar-refractivity contribution in [3.8, 4) is 0 Å². The lowest BCUT2D eigenvalue weighted by molar-refractivity contribution is -0.118. The van der Waals surface area contributed by atoms with E-state index >= 15 is 0 Å². The second kappa shape index (κ2) is 5.59. The van der Waals surface area contributed by atoms with Crippen LogP contribution in [-0.2, 0) is 11.3 Å². The third-order valence-electron chi connectivity index (χ3n) is 1.53. The van der Waals surface area contributed by atoms with Gasteiger partial charge < -0.3 is 5.32 Å². The van der Waals surface area contributed by atoms with Gasteiger partial charge in [-0.3, -0.25) is 4.79 Å². The van der Waals surface area contributed by atoms with Gasteiger partial charge >= 0.3 is 0 Å². The summed E-state index contributed by atoms with van der Waals surface area (Å²) in [6, 6.07) is 5.47. The van der Waals surface area contributed by atoms with Crippen LogP contribution < -0.4 is 5.32 Å². The number of amides is 1. The van der Waals surface area contributed by atoms with Gasteiger partial charge in [0.1, 0.15) is 5.88 Å². The molecule has 1 aromatic carbocycles. The van der Waals surface area contributed by atoms with Crippen molar-refractivity contribution in [1.82, 2.24) is 5.32 Å². The lowest BCUT2D eigenvalue weighted by Crippen LogP contribution is -2.23. The molecule has 0 unspecified atom stereocenters. The van der Waals surface area contributed by atoms with E-state index in [9.17, 15) is 4.79 Å². The Balaban J connectivity index is 2.63. The summed E-state index contributed by atoms with van der Waals surface area (Å²) < 4.78 is 0.889. The van der Waals surface area contributed by atoms with Gasteiger partial charge in [0.25, 0.3) is 0 Å². The van der Waals surface area contributed by atoms with E-state index in [1.165, 1.54) is 0 Å². The zero-order valence-corrected chi connectivity index (χ0v) is 10.3. The summed E-state index contributed by atoms with van der Waals surface area (Å²) in [5.74, 6) is -0.218. The molecule has 0 aliphatic carbocycles. The Hall–Kier alpha value is -0.250. The second-order valence-electron chi connectivity index (χ2n) is 2.69. The molecule has 0 spiro atoms. The summed E-state index contributed by atoms with van der Waals surface area (Å²) in [5.41, 5.74) is 0.933. The highest BCUT2D eigenvalue weighted by Gasteiger charge is 2.00. The molecule has 2 nitrogen and oxygen atoms in total. The fourth-order valence-electron chi connectivity index (χ4n) is 0.961. The van der Waals surface area contributed by atoms with E-state index in [0.29, 0.717) is 11.6 Å². The van der Waals surface area contributed by atoms with Crippen molar-refractivity contribution in [1.29, 1.82) is 0 Å². The average Bonchev–Trinajstić information content (AvgIpc) is 2.12. The van der Waals surface area contributed by atoms with Crippen LogP contribution in [0.3, 0.4) is 0 Å². The molecule has 1 rings (SSSR count). The van der Waals surface area contributed by atoms with Crippen molar-refractivity contribution in [3.63, 3.8) is 0 Å². The lowest BCUT2D eigenvalue weighted by atomic mass is 10.2. The van der Waals surface area contributed by atoms with Crippen LogP contribution in [-0.4, -0.2) is 11.8 Å². The van der Waals surface area contributed by atoms with Crippen molar-refractivity contribution < 1.29 is 4.79 Å². The predicted molar refractivity (Wildman–Crippen MR) is 61.7 cm³/mol. The van der Waals surface area contributed by atoms with Crippen LogP contribution in [0.2, 0.25) is 5.02 Å². The van der Waals surface area contributed by atoms with E-state index < -0.39 is 0 Å². The number of benzene rings is 1. The van der Waals surface area contributed by atoms with Gasteiger partial charge in [-0.05, 0) is 23.8 Å². The number of rotatable bonds is 3. The smallest absolute Gasteiger partial charge is 0.235 e. The largest absolute Gasteiger partial charge is 0.351 e. The van der Waals surface area contributed by atoms with E-state index in [2.05, 4.69) is 21.2 Å². The number of hydrogen-bond donors (Lipinski definition) is 1. The van der Waals surface area contributed by atoms with Gasteiger partial charge in [0.2, 0.25) is 5.91 Å². The Morgan fingerprint density at radius 3 is 2.71 bits per heavy atom. The predicted octanol–water partition coefficient (Wildman–Crippen LogP) is 2.96. The van der Waals surface area contributed by atoms with Crippen molar-refractivity contribution in [2.24, 2.45) is 0 Å². The highest BCUT2D eigenvalue weighted by Crippen LogP contribution is 2.19. The minimum Gasteiger partial charge on any atom is -0.351 e. The number of nitrogens with one attached hydrogen (secondary N) is 1. The maximum Gasteiger partial charge on any atom is 0.235 e. The van der Waals surface area contributed by atoms with Gasteiger partial charge in [-0.2, -0.15) is 0 Å². The molecule has 5 heteroatoms.